The van der Waals surface area contributed by atoms with Crippen molar-refractivity contribution in [2.24, 2.45) is 46.3 Å². The Morgan fingerprint density at radius 1 is 0.892 bits per heavy atom. The Hall–Kier alpha value is -0.176. The van der Waals surface area contributed by atoms with Crippen LogP contribution >= 0.6 is 0 Å². The number of esters is 1. The fraction of sp³-hybridized carbons (Fsp3) is 0.968. The van der Waals surface area contributed by atoms with Crippen molar-refractivity contribution >= 4 is 22.6 Å². The largest absolute Gasteiger partial charge is 0.469 e. The smallest absolute Gasteiger partial charge is 0.305 e. The van der Waals surface area contributed by atoms with Gasteiger partial charge in [0.2, 0.25) is 0 Å². The summed E-state index contributed by atoms with van der Waals surface area (Å²) in [7, 11) is -1.70. The molecule has 0 aromatic carbocycles. The highest BCUT2D eigenvalue weighted by molar-refractivity contribution is 6.70. The molecule has 0 aromatic heterocycles. The first-order valence-corrected chi connectivity index (χ1v) is 22.3. The van der Waals surface area contributed by atoms with Gasteiger partial charge in [0.15, 0.2) is 16.6 Å². The molecule has 6 heteroatoms. The first-order chi connectivity index (χ1) is 17.1. The van der Waals surface area contributed by atoms with E-state index in [4.69, 9.17) is 13.6 Å². The fourth-order valence-corrected chi connectivity index (χ4v) is 12.4. The van der Waals surface area contributed by atoms with E-state index in [1.54, 1.807) is 0 Å². The molecule has 4 fully saturated rings. The van der Waals surface area contributed by atoms with Gasteiger partial charge in [-0.1, -0.05) is 20.8 Å². The Labute approximate surface area is 230 Å². The van der Waals surface area contributed by atoms with Gasteiger partial charge in [-0.05, 0) is 143 Å². The molecule has 0 aromatic rings. The quantitative estimate of drug-likeness (QED) is 0.225. The van der Waals surface area contributed by atoms with E-state index in [9.17, 15) is 4.79 Å². The monoisotopic (exact) mass is 550 g/mol. The Morgan fingerprint density at radius 2 is 1.57 bits per heavy atom. The van der Waals surface area contributed by atoms with Gasteiger partial charge in [0.05, 0.1) is 13.2 Å². The van der Waals surface area contributed by atoms with E-state index in [1.807, 2.05) is 0 Å². The second-order valence-corrected chi connectivity index (χ2v) is 24.8. The van der Waals surface area contributed by atoms with Gasteiger partial charge in [0.25, 0.3) is 0 Å². The lowest BCUT2D eigenvalue weighted by Crippen LogP contribution is -2.60. The van der Waals surface area contributed by atoms with E-state index >= 15 is 0 Å². The second kappa shape index (κ2) is 10.7. The van der Waals surface area contributed by atoms with Gasteiger partial charge in [-0.3, -0.25) is 4.79 Å². The average Bonchev–Trinajstić information content (AvgIpc) is 3.14. The van der Waals surface area contributed by atoms with Crippen molar-refractivity contribution in [3.05, 3.63) is 0 Å². The number of ether oxygens (including phenoxy) is 1. The summed E-state index contributed by atoms with van der Waals surface area (Å²) in [6.45, 7) is 21.9. The van der Waals surface area contributed by atoms with Gasteiger partial charge >= 0.3 is 5.97 Å². The van der Waals surface area contributed by atoms with E-state index in [1.165, 1.54) is 58.5 Å². The van der Waals surface area contributed by atoms with Crippen LogP contribution in [0.1, 0.15) is 85.0 Å². The summed E-state index contributed by atoms with van der Waals surface area (Å²) in [6, 6.07) is 0. The molecule has 10 atom stereocenters. The van der Waals surface area contributed by atoms with E-state index in [2.05, 4.69) is 60.1 Å². The van der Waals surface area contributed by atoms with Crippen molar-refractivity contribution in [3.8, 4) is 0 Å². The van der Waals surface area contributed by atoms with Crippen LogP contribution in [0.25, 0.3) is 0 Å². The van der Waals surface area contributed by atoms with Crippen molar-refractivity contribution < 1.29 is 18.4 Å². The summed E-state index contributed by atoms with van der Waals surface area (Å²) in [5, 5.41) is 0. The highest BCUT2D eigenvalue weighted by Gasteiger charge is 2.64. The van der Waals surface area contributed by atoms with E-state index in [0.717, 1.165) is 30.1 Å². The normalized spacial score (nSPS) is 42.9. The molecular weight excluding hydrogens is 493 g/mol. The molecule has 4 nitrogen and oxygen atoms in total. The van der Waals surface area contributed by atoms with Crippen molar-refractivity contribution in [1.82, 2.24) is 0 Å². The van der Waals surface area contributed by atoms with Crippen LogP contribution in [0, 0.1) is 46.3 Å². The first-order valence-electron chi connectivity index (χ1n) is 15.5. The molecule has 0 heterocycles. The molecule has 0 amide bonds. The molecule has 3 unspecified atom stereocenters. The minimum absolute atomic E-state index is 0.0647. The predicted octanol–water partition coefficient (Wildman–Crippen LogP) is 8.28. The fourth-order valence-electron chi connectivity index (χ4n) is 9.97. The van der Waals surface area contributed by atoms with Crippen LogP contribution in [0.5, 0.6) is 0 Å². The number of hydrogen-bond acceptors (Lipinski definition) is 4. The van der Waals surface area contributed by atoms with Gasteiger partial charge in [0, 0.05) is 12.5 Å². The van der Waals surface area contributed by atoms with Crippen LogP contribution in [0.15, 0.2) is 0 Å². The molecule has 0 saturated heterocycles. The Balaban J connectivity index is 1.59. The SMILES string of the molecule is COC(=O)CC[C@@H](C)[C@H]1CCC2C3CC[C@H]4C[C@@H](O[Si](C)(C)C)CC[C@]4(C)C3C[C@H](O[Si](C)(C)C)[C@@]21C. The topological polar surface area (TPSA) is 44.8 Å². The van der Waals surface area contributed by atoms with Crippen LogP contribution in [0.4, 0.5) is 0 Å². The lowest BCUT2D eigenvalue weighted by molar-refractivity contribution is -0.169. The Kier molecular flexibility index (Phi) is 8.59. The third kappa shape index (κ3) is 5.97. The summed E-state index contributed by atoms with van der Waals surface area (Å²) in [4.78, 5) is 12.0. The van der Waals surface area contributed by atoms with Crippen LogP contribution < -0.4 is 0 Å². The number of methoxy groups -OCH3 is 1. The average molecular weight is 551 g/mol. The number of hydrogen-bond donors (Lipinski definition) is 0. The number of carbonyl (C=O) groups excluding carboxylic acids is 1. The minimum atomic E-state index is -1.71. The number of fused-ring (bicyclic) bond motifs is 5. The van der Waals surface area contributed by atoms with Crippen LogP contribution in [-0.2, 0) is 18.4 Å². The van der Waals surface area contributed by atoms with Crippen molar-refractivity contribution in [2.75, 3.05) is 7.11 Å². The Bertz CT molecular complexity index is 819. The molecule has 214 valence electrons. The highest BCUT2D eigenvalue weighted by Crippen LogP contribution is 2.69. The zero-order valence-electron chi connectivity index (χ0n) is 25.8. The zero-order valence-corrected chi connectivity index (χ0v) is 27.8. The molecule has 37 heavy (non-hydrogen) atoms. The van der Waals surface area contributed by atoms with Gasteiger partial charge in [0.1, 0.15) is 0 Å². The molecule has 4 aliphatic rings. The van der Waals surface area contributed by atoms with Gasteiger partial charge in [-0.15, -0.1) is 0 Å². The standard InChI is InChI=1S/C31H58O4Si2/c1-21(11-16-29(32)33-4)25-14-15-26-24-13-12-22-19-23(34-36(5,6)7)17-18-30(22,2)27(24)20-28(31(25,26)3)35-37(8,9)10/h21-28H,11-20H2,1-10H3/t21-,22+,23+,24?,25-,26?,27?,28+,30+,31-/m1/s1. The second-order valence-electron chi connectivity index (χ2n) is 15.9. The van der Waals surface area contributed by atoms with Crippen LogP contribution in [-0.4, -0.2) is 41.9 Å². The lowest BCUT2D eigenvalue weighted by atomic mass is 9.43. The van der Waals surface area contributed by atoms with Gasteiger partial charge in [-0.25, -0.2) is 0 Å². The molecule has 4 saturated carbocycles. The zero-order chi connectivity index (χ0) is 27.4. The molecule has 0 aliphatic heterocycles. The molecular formula is C31H58O4Si2. The van der Waals surface area contributed by atoms with Crippen molar-refractivity contribution in [3.63, 3.8) is 0 Å². The summed E-state index contributed by atoms with van der Waals surface area (Å²) < 4.78 is 18.9. The van der Waals surface area contributed by atoms with Crippen molar-refractivity contribution in [2.45, 2.75) is 136 Å². The van der Waals surface area contributed by atoms with E-state index in [-0.39, 0.29) is 11.4 Å². The Morgan fingerprint density at radius 3 is 2.19 bits per heavy atom. The molecule has 0 N–H and O–H groups in total. The summed E-state index contributed by atoms with van der Waals surface area (Å²) in [5.74, 6) is 4.27. The third-order valence-corrected chi connectivity index (χ3v) is 13.5. The predicted molar refractivity (Wildman–Crippen MR) is 157 cm³/mol. The van der Waals surface area contributed by atoms with E-state index < -0.39 is 16.6 Å². The van der Waals surface area contributed by atoms with Gasteiger partial charge < -0.3 is 13.6 Å². The summed E-state index contributed by atoms with van der Waals surface area (Å²) in [6.07, 6.45) is 12.8. The highest BCUT2D eigenvalue weighted by atomic mass is 28.4. The molecule has 0 radical (unpaired) electrons. The maximum atomic E-state index is 12.0. The summed E-state index contributed by atoms with van der Waals surface area (Å²) in [5.41, 5.74) is 0.650. The first kappa shape index (κ1) is 29.8. The van der Waals surface area contributed by atoms with Crippen molar-refractivity contribution in [1.29, 1.82) is 0 Å². The minimum Gasteiger partial charge on any atom is -0.469 e. The van der Waals surface area contributed by atoms with Crippen LogP contribution in [0.2, 0.25) is 39.3 Å². The molecule has 0 bridgehead atoms. The molecule has 4 rings (SSSR count). The molecule has 0 spiro atoms. The van der Waals surface area contributed by atoms with Crippen LogP contribution in [0.3, 0.4) is 0 Å². The maximum absolute atomic E-state index is 12.0. The number of carbonyl (C=O) groups is 1. The summed E-state index contributed by atoms with van der Waals surface area (Å²) >= 11 is 0. The maximum Gasteiger partial charge on any atom is 0.305 e. The lowest BCUT2D eigenvalue weighted by Gasteiger charge is -2.64. The number of rotatable bonds is 8. The van der Waals surface area contributed by atoms with E-state index in [0.29, 0.717) is 35.9 Å². The molecule has 4 aliphatic carbocycles. The third-order valence-electron chi connectivity index (χ3n) is 11.5. The van der Waals surface area contributed by atoms with Gasteiger partial charge in [-0.2, -0.15) is 0 Å².